The van der Waals surface area contributed by atoms with Gasteiger partial charge in [0.05, 0.1) is 23.3 Å². The van der Waals surface area contributed by atoms with Crippen molar-refractivity contribution >= 4 is 28.5 Å². The Morgan fingerprint density at radius 3 is 2.63 bits per heavy atom. The number of ketones is 2. The Morgan fingerprint density at radius 1 is 1.14 bits per heavy atom. The van der Waals surface area contributed by atoms with E-state index in [1.54, 1.807) is 35.2 Å². The number of nitriles is 1. The lowest BCUT2D eigenvalue weighted by atomic mass is 10.0. The molecule has 0 saturated heterocycles. The summed E-state index contributed by atoms with van der Waals surface area (Å²) < 4.78 is 1.71. The van der Waals surface area contributed by atoms with E-state index in [1.807, 2.05) is 19.9 Å². The largest absolute Gasteiger partial charge is 0.394 e. The van der Waals surface area contributed by atoms with Crippen molar-refractivity contribution in [1.82, 2.24) is 24.5 Å². The van der Waals surface area contributed by atoms with Crippen LogP contribution in [0.3, 0.4) is 0 Å². The smallest absolute Gasteiger partial charge is 0.221 e. The van der Waals surface area contributed by atoms with Gasteiger partial charge in [-0.05, 0) is 37.6 Å². The van der Waals surface area contributed by atoms with Gasteiger partial charge in [0.1, 0.15) is 17.5 Å². The molecule has 0 fully saturated rings. The van der Waals surface area contributed by atoms with Gasteiger partial charge in [-0.1, -0.05) is 0 Å². The molecule has 0 atom stereocenters. The lowest BCUT2D eigenvalue weighted by Crippen LogP contribution is -2.30. The monoisotopic (exact) mass is 469 g/mol. The third kappa shape index (κ3) is 4.90. The van der Waals surface area contributed by atoms with Crippen molar-refractivity contribution in [2.45, 2.75) is 32.2 Å². The number of nitrogens with two attached hydrogens (primary N) is 1. The third-order valence-electron chi connectivity index (χ3n) is 5.64. The van der Waals surface area contributed by atoms with Gasteiger partial charge < -0.3 is 15.4 Å². The van der Waals surface area contributed by atoms with Crippen LogP contribution in [0.2, 0.25) is 0 Å². The molecule has 4 heterocycles. The number of aliphatic hydroxyl groups excluding tert-OH is 1. The molecule has 0 aliphatic heterocycles. The molecule has 35 heavy (non-hydrogen) atoms. The molecule has 0 unspecified atom stereocenters. The summed E-state index contributed by atoms with van der Waals surface area (Å²) in [7, 11) is 0. The normalized spacial score (nSPS) is 11.4. The molecular weight excluding hydrogens is 446 g/mol. The van der Waals surface area contributed by atoms with Crippen LogP contribution in [0.25, 0.3) is 11.0 Å². The van der Waals surface area contributed by atoms with Gasteiger partial charge in [-0.15, -0.1) is 0 Å². The minimum atomic E-state index is -0.733. The predicted molar refractivity (Wildman–Crippen MR) is 127 cm³/mol. The molecule has 0 amide bonds. The van der Waals surface area contributed by atoms with Crippen molar-refractivity contribution < 1.29 is 14.7 Å². The fourth-order valence-corrected chi connectivity index (χ4v) is 3.69. The van der Waals surface area contributed by atoms with Crippen molar-refractivity contribution in [2.75, 3.05) is 12.3 Å². The maximum atomic E-state index is 13.4. The van der Waals surface area contributed by atoms with Gasteiger partial charge in [0.25, 0.3) is 0 Å². The average Bonchev–Trinajstić information content (AvgIpc) is 3.23. The van der Waals surface area contributed by atoms with E-state index in [0.717, 1.165) is 0 Å². The number of rotatable bonds is 8. The summed E-state index contributed by atoms with van der Waals surface area (Å²) in [6, 6.07) is 6.89. The van der Waals surface area contributed by atoms with E-state index in [2.05, 4.69) is 19.9 Å². The topological polar surface area (TPSA) is 161 Å². The molecule has 10 nitrogen and oxygen atoms in total. The Kier molecular flexibility index (Phi) is 6.36. The highest BCUT2D eigenvalue weighted by molar-refractivity contribution is 6.16. The molecule has 0 spiro atoms. The van der Waals surface area contributed by atoms with Crippen molar-refractivity contribution in [2.24, 2.45) is 0 Å². The van der Waals surface area contributed by atoms with Crippen LogP contribution >= 0.6 is 0 Å². The first-order chi connectivity index (χ1) is 16.7. The van der Waals surface area contributed by atoms with Crippen molar-refractivity contribution in [3.8, 4) is 6.07 Å². The maximum Gasteiger partial charge on any atom is 0.221 e. The number of aliphatic hydroxyl groups is 1. The quantitative estimate of drug-likeness (QED) is 0.368. The summed E-state index contributed by atoms with van der Waals surface area (Å²) in [6.07, 6.45) is 7.71. The maximum absolute atomic E-state index is 13.4. The van der Waals surface area contributed by atoms with Crippen molar-refractivity contribution in [3.63, 3.8) is 0 Å². The number of Topliss-reactive ketones (excluding diaryl/α,β-unsaturated/α-hetero) is 1. The second kappa shape index (κ2) is 9.40. The molecule has 4 aromatic heterocycles. The summed E-state index contributed by atoms with van der Waals surface area (Å²) in [5.41, 5.74) is 7.70. The Bertz CT molecular complexity index is 1470. The zero-order valence-corrected chi connectivity index (χ0v) is 19.3. The molecule has 0 aromatic carbocycles. The second-order valence-electron chi connectivity index (χ2n) is 8.80. The van der Waals surface area contributed by atoms with E-state index in [-0.39, 0.29) is 37.0 Å². The second-order valence-corrected chi connectivity index (χ2v) is 8.80. The predicted octanol–water partition coefficient (Wildman–Crippen LogP) is 1.99. The van der Waals surface area contributed by atoms with Gasteiger partial charge in [0, 0.05) is 60.5 Å². The molecule has 4 rings (SSSR count). The minimum absolute atomic E-state index is 0.0588. The highest BCUT2D eigenvalue weighted by Crippen LogP contribution is 2.28. The molecule has 3 N–H and O–H groups in total. The molecule has 4 aromatic rings. The Labute approximate surface area is 201 Å². The summed E-state index contributed by atoms with van der Waals surface area (Å²) in [5, 5.41) is 19.2. The van der Waals surface area contributed by atoms with Crippen LogP contribution in [-0.4, -0.2) is 47.8 Å². The number of aromatic nitrogens is 5. The van der Waals surface area contributed by atoms with E-state index >= 15 is 0 Å². The number of carbonyl (C=O) groups is 2. The van der Waals surface area contributed by atoms with Gasteiger partial charge in [-0.25, -0.2) is 4.98 Å². The van der Waals surface area contributed by atoms with Crippen molar-refractivity contribution in [3.05, 3.63) is 77.1 Å². The molecule has 0 aliphatic carbocycles. The summed E-state index contributed by atoms with van der Waals surface area (Å²) in [4.78, 5) is 42.6. The number of carbonyl (C=O) groups excluding carboxylic acids is 2. The Morgan fingerprint density at radius 2 is 1.94 bits per heavy atom. The van der Waals surface area contributed by atoms with Gasteiger partial charge in [0.15, 0.2) is 5.78 Å². The Hall–Kier alpha value is -4.49. The van der Waals surface area contributed by atoms with Gasteiger partial charge >= 0.3 is 0 Å². The number of pyridine rings is 2. The number of fused-ring (bicyclic) bond motifs is 1. The lowest BCUT2D eigenvalue weighted by Gasteiger charge is -2.24. The van der Waals surface area contributed by atoms with Crippen LogP contribution in [-0.2, 0) is 23.2 Å². The first-order valence-electron chi connectivity index (χ1n) is 10.8. The van der Waals surface area contributed by atoms with E-state index < -0.39 is 5.54 Å². The number of hydrogen-bond acceptors (Lipinski definition) is 9. The fraction of sp³-hybridized carbons (Fsp3) is 0.240. The average molecular weight is 470 g/mol. The Balaban J connectivity index is 1.60. The molecule has 10 heteroatoms. The van der Waals surface area contributed by atoms with Crippen LogP contribution in [0.4, 0.5) is 5.95 Å². The zero-order valence-electron chi connectivity index (χ0n) is 19.3. The highest BCUT2D eigenvalue weighted by atomic mass is 16.3. The van der Waals surface area contributed by atoms with Gasteiger partial charge in [-0.2, -0.15) is 10.2 Å². The molecule has 176 valence electrons. The summed E-state index contributed by atoms with van der Waals surface area (Å²) >= 11 is 0. The SMILES string of the molecule is CC(C)(CO)n1cc(C(=O)c2cncc(CC(=O)Cc3ccc(C#N)cn3)c2)c2cnc(N)nc21. The molecule has 0 aliphatic rings. The summed E-state index contributed by atoms with van der Waals surface area (Å²) in [5.74, 6) is -0.353. The molecule has 0 saturated carbocycles. The summed E-state index contributed by atoms with van der Waals surface area (Å²) in [6.45, 7) is 3.45. The number of anilines is 1. The molecular formula is C25H23N7O3. The van der Waals surface area contributed by atoms with Crippen LogP contribution in [0.5, 0.6) is 0 Å². The van der Waals surface area contributed by atoms with E-state index in [9.17, 15) is 14.7 Å². The number of nitrogen functional groups attached to an aromatic ring is 1. The molecule has 0 bridgehead atoms. The fourth-order valence-electron chi connectivity index (χ4n) is 3.69. The van der Waals surface area contributed by atoms with E-state index in [0.29, 0.717) is 39.0 Å². The molecule has 0 radical (unpaired) electrons. The van der Waals surface area contributed by atoms with Crippen LogP contribution < -0.4 is 5.73 Å². The van der Waals surface area contributed by atoms with Crippen molar-refractivity contribution in [1.29, 1.82) is 5.26 Å². The van der Waals surface area contributed by atoms with E-state index in [1.165, 1.54) is 18.6 Å². The highest BCUT2D eigenvalue weighted by Gasteiger charge is 2.26. The van der Waals surface area contributed by atoms with Crippen LogP contribution in [0.1, 0.15) is 46.6 Å². The first-order valence-corrected chi connectivity index (χ1v) is 10.8. The van der Waals surface area contributed by atoms with Gasteiger partial charge in [0.2, 0.25) is 5.95 Å². The number of nitrogens with zero attached hydrogens (tertiary/aromatic N) is 6. The standard InChI is InChI=1S/C25H23N7O3/c1-25(2,14-33)32-13-21(20-12-30-24(27)31-23(20)32)22(35)17-5-16(9-28-11-17)6-19(34)7-18-4-3-15(8-26)10-29-18/h3-5,9-13,33H,6-7,14H2,1-2H3,(H2,27,30,31). The zero-order chi connectivity index (χ0) is 25.2. The number of hydrogen-bond donors (Lipinski definition) is 2. The minimum Gasteiger partial charge on any atom is -0.394 e. The first kappa shape index (κ1) is 23.7. The van der Waals surface area contributed by atoms with Crippen LogP contribution in [0.15, 0.2) is 49.2 Å². The third-order valence-corrected chi connectivity index (χ3v) is 5.64. The van der Waals surface area contributed by atoms with Gasteiger partial charge in [-0.3, -0.25) is 19.6 Å². The van der Waals surface area contributed by atoms with E-state index in [4.69, 9.17) is 11.0 Å². The van der Waals surface area contributed by atoms with Crippen LogP contribution in [0, 0.1) is 11.3 Å². The lowest BCUT2D eigenvalue weighted by molar-refractivity contribution is -0.117.